The van der Waals surface area contributed by atoms with Gasteiger partial charge in [-0.15, -0.1) is 0 Å². The van der Waals surface area contributed by atoms with Crippen LogP contribution in [0.5, 0.6) is 5.88 Å². The van der Waals surface area contributed by atoms with Crippen molar-refractivity contribution >= 4 is 5.82 Å². The van der Waals surface area contributed by atoms with E-state index in [1.165, 1.54) is 12.1 Å². The van der Waals surface area contributed by atoms with Gasteiger partial charge in [0.2, 0.25) is 5.88 Å². The highest BCUT2D eigenvalue weighted by molar-refractivity contribution is 5.75. The van der Waals surface area contributed by atoms with Crippen LogP contribution in [-0.4, -0.2) is 20.6 Å². The van der Waals surface area contributed by atoms with Crippen molar-refractivity contribution in [3.8, 4) is 28.3 Å². The van der Waals surface area contributed by atoms with Crippen LogP contribution in [-0.2, 0) is 6.18 Å². The predicted octanol–water partition coefficient (Wildman–Crippen LogP) is 5.29. The number of rotatable bonds is 3. The van der Waals surface area contributed by atoms with Crippen LogP contribution in [0.15, 0.2) is 42.7 Å². The molecule has 29 heavy (non-hydrogen) atoms. The van der Waals surface area contributed by atoms with Crippen LogP contribution in [0.1, 0.15) is 32.0 Å². The minimum atomic E-state index is -4.61. The Morgan fingerprint density at radius 2 is 1.72 bits per heavy atom. The average molecular weight is 402 g/mol. The summed E-state index contributed by atoms with van der Waals surface area (Å²) in [5.41, 5.74) is 6.39. The van der Waals surface area contributed by atoms with Crippen LogP contribution in [0.3, 0.4) is 0 Å². The second-order valence-electron chi connectivity index (χ2n) is 7.62. The maximum Gasteiger partial charge on any atom is 0.434 e. The Balaban J connectivity index is 2.26. The zero-order valence-electron chi connectivity index (χ0n) is 16.5. The molecule has 2 N–H and O–H groups in total. The van der Waals surface area contributed by atoms with E-state index < -0.39 is 17.5 Å². The van der Waals surface area contributed by atoms with E-state index in [0.717, 1.165) is 17.3 Å². The zero-order valence-corrected chi connectivity index (χ0v) is 16.5. The molecule has 8 heteroatoms. The molecule has 0 fully saturated rings. The number of halogens is 3. The third-order valence-electron chi connectivity index (χ3n) is 4.00. The fraction of sp³-hybridized carbons (Fsp3) is 0.286. The SMILES string of the molecule is Cc1cnc(N)cc1-c1cc(OC(C)(C)C)nc(-c2cccnc2C(F)(F)F)c1. The highest BCUT2D eigenvalue weighted by Crippen LogP contribution is 2.37. The lowest BCUT2D eigenvalue weighted by atomic mass is 10.00. The molecule has 0 bridgehead atoms. The standard InChI is InChI=1S/C21H21F3N4O/c1-12-11-27-17(25)10-15(12)13-8-16(28-18(9-13)29-20(2,3)4)14-6-5-7-26-19(14)21(22,23)24/h5-11H,1-4H3,(H2,25,27). The van der Waals surface area contributed by atoms with Gasteiger partial charge in [0.1, 0.15) is 11.4 Å². The van der Waals surface area contributed by atoms with Gasteiger partial charge < -0.3 is 10.5 Å². The first-order valence-corrected chi connectivity index (χ1v) is 8.90. The Bertz CT molecular complexity index is 1040. The highest BCUT2D eigenvalue weighted by atomic mass is 19.4. The van der Waals surface area contributed by atoms with E-state index in [-0.39, 0.29) is 17.1 Å². The Morgan fingerprint density at radius 3 is 2.38 bits per heavy atom. The van der Waals surface area contributed by atoms with Crippen LogP contribution < -0.4 is 10.5 Å². The fourth-order valence-electron chi connectivity index (χ4n) is 2.85. The number of nitrogens with zero attached hydrogens (tertiary/aromatic N) is 3. The van der Waals surface area contributed by atoms with Gasteiger partial charge in [-0.2, -0.15) is 13.2 Å². The summed E-state index contributed by atoms with van der Waals surface area (Å²) in [5.74, 6) is 0.511. The molecule has 152 valence electrons. The molecule has 0 aliphatic heterocycles. The van der Waals surface area contributed by atoms with Gasteiger partial charge in [-0.3, -0.25) is 4.98 Å². The van der Waals surface area contributed by atoms with Gasteiger partial charge in [0.25, 0.3) is 0 Å². The highest BCUT2D eigenvalue weighted by Gasteiger charge is 2.36. The first-order valence-electron chi connectivity index (χ1n) is 8.90. The van der Waals surface area contributed by atoms with Crippen molar-refractivity contribution in [2.45, 2.75) is 39.5 Å². The smallest absolute Gasteiger partial charge is 0.434 e. The summed E-state index contributed by atoms with van der Waals surface area (Å²) in [4.78, 5) is 11.9. The molecule has 3 heterocycles. The van der Waals surface area contributed by atoms with E-state index in [1.807, 2.05) is 27.7 Å². The normalized spacial score (nSPS) is 12.1. The number of aromatic nitrogens is 3. The minimum Gasteiger partial charge on any atom is -0.472 e. The molecule has 5 nitrogen and oxygen atoms in total. The molecule has 0 unspecified atom stereocenters. The Kier molecular flexibility index (Phi) is 5.21. The Hall–Kier alpha value is -3.16. The molecule has 0 saturated carbocycles. The lowest BCUT2D eigenvalue weighted by Gasteiger charge is -2.22. The summed E-state index contributed by atoms with van der Waals surface area (Å²) in [6, 6.07) is 7.71. The largest absolute Gasteiger partial charge is 0.472 e. The first kappa shape index (κ1) is 20.6. The van der Waals surface area contributed by atoms with Gasteiger partial charge in [0.15, 0.2) is 5.69 Å². The number of hydrogen-bond donors (Lipinski definition) is 1. The summed E-state index contributed by atoms with van der Waals surface area (Å²) in [6.45, 7) is 7.35. The number of aryl methyl sites for hydroxylation is 1. The molecule has 3 aromatic heterocycles. The van der Waals surface area contributed by atoms with E-state index in [9.17, 15) is 13.2 Å². The van der Waals surface area contributed by atoms with Crippen molar-refractivity contribution in [2.75, 3.05) is 5.73 Å². The molecule has 0 aliphatic carbocycles. The van der Waals surface area contributed by atoms with Gasteiger partial charge in [0, 0.05) is 24.0 Å². The van der Waals surface area contributed by atoms with Crippen LogP contribution in [0.4, 0.5) is 19.0 Å². The van der Waals surface area contributed by atoms with Gasteiger partial charge in [-0.05, 0) is 68.7 Å². The molecule has 0 radical (unpaired) electrons. The average Bonchev–Trinajstić information content (AvgIpc) is 2.61. The third kappa shape index (κ3) is 4.82. The summed E-state index contributed by atoms with van der Waals surface area (Å²) in [7, 11) is 0. The van der Waals surface area contributed by atoms with E-state index in [2.05, 4.69) is 15.0 Å². The number of nitrogens with two attached hydrogens (primary N) is 1. The third-order valence-corrected chi connectivity index (χ3v) is 4.00. The molecular weight excluding hydrogens is 381 g/mol. The molecule has 3 rings (SSSR count). The fourth-order valence-corrected chi connectivity index (χ4v) is 2.85. The summed E-state index contributed by atoms with van der Waals surface area (Å²) in [6.07, 6.45) is -1.90. The van der Waals surface area contributed by atoms with E-state index in [4.69, 9.17) is 10.5 Å². The molecule has 0 spiro atoms. The summed E-state index contributed by atoms with van der Waals surface area (Å²) >= 11 is 0. The quantitative estimate of drug-likeness (QED) is 0.644. The van der Waals surface area contributed by atoms with E-state index in [1.54, 1.807) is 24.4 Å². The zero-order chi connectivity index (χ0) is 21.4. The molecule has 0 amide bonds. The molecule has 0 saturated heterocycles. The maximum atomic E-state index is 13.5. The number of hydrogen-bond acceptors (Lipinski definition) is 5. The number of ether oxygens (including phenoxy) is 1. The van der Waals surface area contributed by atoms with Gasteiger partial charge >= 0.3 is 6.18 Å². The Morgan fingerprint density at radius 1 is 1.00 bits per heavy atom. The van der Waals surface area contributed by atoms with E-state index in [0.29, 0.717) is 11.4 Å². The van der Waals surface area contributed by atoms with Crippen molar-refractivity contribution in [3.05, 3.63) is 54.0 Å². The maximum absolute atomic E-state index is 13.5. The van der Waals surface area contributed by atoms with Crippen LogP contribution in [0, 0.1) is 6.92 Å². The lowest BCUT2D eigenvalue weighted by Crippen LogP contribution is -2.23. The lowest BCUT2D eigenvalue weighted by molar-refractivity contribution is -0.140. The van der Waals surface area contributed by atoms with Crippen molar-refractivity contribution in [3.63, 3.8) is 0 Å². The summed E-state index contributed by atoms with van der Waals surface area (Å²) in [5, 5.41) is 0. The van der Waals surface area contributed by atoms with Crippen molar-refractivity contribution in [1.29, 1.82) is 0 Å². The van der Waals surface area contributed by atoms with Crippen molar-refractivity contribution < 1.29 is 17.9 Å². The van der Waals surface area contributed by atoms with Crippen LogP contribution in [0.2, 0.25) is 0 Å². The first-order chi connectivity index (χ1) is 13.4. The van der Waals surface area contributed by atoms with Gasteiger partial charge in [-0.1, -0.05) is 0 Å². The van der Waals surface area contributed by atoms with Crippen molar-refractivity contribution in [2.24, 2.45) is 0 Å². The molecule has 3 aromatic rings. The topological polar surface area (TPSA) is 73.9 Å². The number of nitrogen functional groups attached to an aromatic ring is 1. The van der Waals surface area contributed by atoms with Gasteiger partial charge in [-0.25, -0.2) is 9.97 Å². The molecule has 0 aliphatic rings. The monoisotopic (exact) mass is 402 g/mol. The number of anilines is 1. The predicted molar refractivity (Wildman–Crippen MR) is 105 cm³/mol. The number of alkyl halides is 3. The van der Waals surface area contributed by atoms with E-state index >= 15 is 0 Å². The molecule has 0 aromatic carbocycles. The van der Waals surface area contributed by atoms with Crippen molar-refractivity contribution in [1.82, 2.24) is 15.0 Å². The Labute approximate surface area is 166 Å². The van der Waals surface area contributed by atoms with Crippen LogP contribution >= 0.6 is 0 Å². The summed E-state index contributed by atoms with van der Waals surface area (Å²) < 4.78 is 46.4. The van der Waals surface area contributed by atoms with Crippen LogP contribution in [0.25, 0.3) is 22.4 Å². The second kappa shape index (κ2) is 7.35. The molecule has 0 atom stereocenters. The minimum absolute atomic E-state index is 0.108. The number of pyridine rings is 3. The molecular formula is C21H21F3N4O. The second-order valence-corrected chi connectivity index (χ2v) is 7.62. The van der Waals surface area contributed by atoms with Gasteiger partial charge in [0.05, 0.1) is 5.69 Å².